The lowest BCUT2D eigenvalue weighted by molar-refractivity contribution is 0.0882. The monoisotopic (exact) mass is 321 g/mol. The summed E-state index contributed by atoms with van der Waals surface area (Å²) in [4.78, 5) is 2.25. The van der Waals surface area contributed by atoms with Gasteiger partial charge in [0.25, 0.3) is 0 Å². The van der Waals surface area contributed by atoms with Crippen molar-refractivity contribution in [2.75, 3.05) is 6.73 Å². The Hall–Kier alpha value is -1.22. The van der Waals surface area contributed by atoms with E-state index in [-0.39, 0.29) is 0 Å². The van der Waals surface area contributed by atoms with Gasteiger partial charge in [-0.25, -0.2) is 0 Å². The minimum absolute atomic E-state index is 0.593. The first kappa shape index (κ1) is 14.7. The van der Waals surface area contributed by atoms with Gasteiger partial charge in [-0.15, -0.1) is 0 Å². The summed E-state index contributed by atoms with van der Waals surface area (Å²) in [5.41, 5.74) is 4.60. The molecule has 2 aromatic rings. The molecule has 1 aliphatic rings. The van der Waals surface area contributed by atoms with Crippen LogP contribution in [0.4, 0.5) is 0 Å². The Kier molecular flexibility index (Phi) is 4.12. The summed E-state index contributed by atoms with van der Waals surface area (Å²) >= 11 is 12.3. The van der Waals surface area contributed by atoms with Crippen molar-refractivity contribution in [2.45, 2.75) is 26.9 Å². The van der Waals surface area contributed by atoms with Gasteiger partial charge in [-0.2, -0.15) is 0 Å². The number of halogens is 2. The SMILES string of the molecule is Cc1cc2c(c(C)c1Cl)CN(Cc1ccc(Cl)cc1)CO2. The Morgan fingerprint density at radius 2 is 1.86 bits per heavy atom. The lowest BCUT2D eigenvalue weighted by Crippen LogP contribution is -2.32. The van der Waals surface area contributed by atoms with Gasteiger partial charge in [-0.1, -0.05) is 35.3 Å². The molecule has 1 heterocycles. The summed E-state index contributed by atoms with van der Waals surface area (Å²) < 4.78 is 5.89. The molecular weight excluding hydrogens is 305 g/mol. The predicted octanol–water partition coefficient (Wildman–Crippen LogP) is 4.96. The Morgan fingerprint density at radius 1 is 1.14 bits per heavy atom. The molecule has 0 fully saturated rings. The van der Waals surface area contributed by atoms with Gasteiger partial charge in [-0.3, -0.25) is 4.90 Å². The number of hydrogen-bond acceptors (Lipinski definition) is 2. The van der Waals surface area contributed by atoms with Crippen molar-refractivity contribution < 1.29 is 4.74 Å². The molecule has 0 spiro atoms. The Balaban J connectivity index is 1.81. The fraction of sp³-hybridized carbons (Fsp3) is 0.294. The number of nitrogens with zero attached hydrogens (tertiary/aromatic N) is 1. The lowest BCUT2D eigenvalue weighted by Gasteiger charge is -2.30. The van der Waals surface area contributed by atoms with E-state index in [1.54, 1.807) is 0 Å². The van der Waals surface area contributed by atoms with Crippen molar-refractivity contribution in [2.24, 2.45) is 0 Å². The van der Waals surface area contributed by atoms with E-state index in [1.807, 2.05) is 37.3 Å². The molecule has 21 heavy (non-hydrogen) atoms. The van der Waals surface area contributed by atoms with Crippen LogP contribution in [0.1, 0.15) is 22.3 Å². The second-order valence-corrected chi connectivity index (χ2v) is 6.31. The molecule has 2 aromatic carbocycles. The molecule has 0 aromatic heterocycles. The number of hydrogen-bond donors (Lipinski definition) is 0. The van der Waals surface area contributed by atoms with Crippen LogP contribution in [0.3, 0.4) is 0 Å². The molecule has 0 atom stereocenters. The van der Waals surface area contributed by atoms with E-state index in [4.69, 9.17) is 27.9 Å². The molecule has 0 amide bonds. The van der Waals surface area contributed by atoms with Crippen molar-refractivity contribution in [1.82, 2.24) is 4.90 Å². The molecule has 0 unspecified atom stereocenters. The van der Waals surface area contributed by atoms with E-state index in [9.17, 15) is 0 Å². The second-order valence-electron chi connectivity index (χ2n) is 5.50. The molecule has 3 rings (SSSR count). The fourth-order valence-electron chi connectivity index (χ4n) is 2.67. The largest absolute Gasteiger partial charge is 0.478 e. The highest BCUT2D eigenvalue weighted by Crippen LogP contribution is 2.35. The first-order valence-corrected chi connectivity index (χ1v) is 7.68. The molecule has 2 nitrogen and oxygen atoms in total. The number of rotatable bonds is 2. The van der Waals surface area contributed by atoms with Gasteiger partial charge in [-0.05, 0) is 48.7 Å². The highest BCUT2D eigenvalue weighted by Gasteiger charge is 2.21. The molecule has 0 aliphatic carbocycles. The van der Waals surface area contributed by atoms with E-state index in [2.05, 4.69) is 11.8 Å². The molecule has 0 radical (unpaired) electrons. The zero-order valence-electron chi connectivity index (χ0n) is 12.1. The summed E-state index contributed by atoms with van der Waals surface area (Å²) in [6.45, 7) is 6.35. The Bertz CT molecular complexity index is 667. The molecule has 0 saturated heterocycles. The van der Waals surface area contributed by atoms with Gasteiger partial charge in [0.05, 0.1) is 0 Å². The molecule has 1 aliphatic heterocycles. The van der Waals surface area contributed by atoms with Crippen LogP contribution in [0.25, 0.3) is 0 Å². The first-order valence-electron chi connectivity index (χ1n) is 6.93. The number of aryl methyl sites for hydroxylation is 1. The molecular formula is C17H17Cl2NO. The first-order chi connectivity index (χ1) is 10.0. The minimum Gasteiger partial charge on any atom is -0.478 e. The summed E-state index contributed by atoms with van der Waals surface area (Å²) in [6, 6.07) is 9.96. The van der Waals surface area contributed by atoms with Crippen LogP contribution in [0.5, 0.6) is 5.75 Å². The normalized spacial score (nSPS) is 14.7. The van der Waals surface area contributed by atoms with E-state index < -0.39 is 0 Å². The van der Waals surface area contributed by atoms with Crippen molar-refractivity contribution in [3.8, 4) is 5.75 Å². The summed E-state index contributed by atoms with van der Waals surface area (Å²) in [6.07, 6.45) is 0. The van der Waals surface area contributed by atoms with Crippen molar-refractivity contribution in [3.63, 3.8) is 0 Å². The van der Waals surface area contributed by atoms with Gasteiger partial charge in [0.15, 0.2) is 0 Å². The molecule has 0 N–H and O–H groups in total. The fourth-order valence-corrected chi connectivity index (χ4v) is 2.96. The van der Waals surface area contributed by atoms with Crippen LogP contribution >= 0.6 is 23.2 Å². The molecule has 0 saturated carbocycles. The predicted molar refractivity (Wildman–Crippen MR) is 87.1 cm³/mol. The van der Waals surface area contributed by atoms with E-state index in [0.29, 0.717) is 6.73 Å². The third-order valence-corrected chi connectivity index (χ3v) is 4.71. The maximum Gasteiger partial charge on any atom is 0.142 e. The highest BCUT2D eigenvalue weighted by atomic mass is 35.5. The molecule has 110 valence electrons. The minimum atomic E-state index is 0.593. The van der Waals surface area contributed by atoms with Crippen LogP contribution in [0, 0.1) is 13.8 Å². The standard InChI is InChI=1S/C17H17Cl2NO/c1-11-7-16-15(12(2)17(11)19)9-20(10-21-16)8-13-3-5-14(18)6-4-13/h3-7H,8-10H2,1-2H3. The van der Waals surface area contributed by atoms with Crippen molar-refractivity contribution >= 4 is 23.2 Å². The average Bonchev–Trinajstić information content (AvgIpc) is 2.48. The average molecular weight is 322 g/mol. The van der Waals surface area contributed by atoms with Crippen molar-refractivity contribution in [3.05, 3.63) is 62.6 Å². The number of fused-ring (bicyclic) bond motifs is 1. The summed E-state index contributed by atoms with van der Waals surface area (Å²) in [5, 5.41) is 1.60. The van der Waals surface area contributed by atoms with Gasteiger partial charge in [0.1, 0.15) is 12.5 Å². The third-order valence-electron chi connectivity index (χ3n) is 3.88. The van der Waals surface area contributed by atoms with Gasteiger partial charge in [0.2, 0.25) is 0 Å². The second kappa shape index (κ2) is 5.88. The van der Waals surface area contributed by atoms with Crippen LogP contribution in [-0.2, 0) is 13.1 Å². The third kappa shape index (κ3) is 3.03. The van der Waals surface area contributed by atoms with E-state index in [0.717, 1.165) is 40.0 Å². The van der Waals surface area contributed by atoms with Gasteiger partial charge >= 0.3 is 0 Å². The van der Waals surface area contributed by atoms with Crippen LogP contribution in [-0.4, -0.2) is 11.6 Å². The molecule has 0 bridgehead atoms. The molecule has 4 heteroatoms. The van der Waals surface area contributed by atoms with E-state index >= 15 is 0 Å². The van der Waals surface area contributed by atoms with E-state index in [1.165, 1.54) is 11.1 Å². The van der Waals surface area contributed by atoms with Gasteiger partial charge < -0.3 is 4.74 Å². The lowest BCUT2D eigenvalue weighted by atomic mass is 10.0. The number of benzene rings is 2. The quantitative estimate of drug-likeness (QED) is 0.774. The number of ether oxygens (including phenoxy) is 1. The zero-order valence-corrected chi connectivity index (χ0v) is 13.6. The Morgan fingerprint density at radius 3 is 2.57 bits per heavy atom. The maximum atomic E-state index is 6.35. The highest BCUT2D eigenvalue weighted by molar-refractivity contribution is 6.32. The maximum absolute atomic E-state index is 6.35. The van der Waals surface area contributed by atoms with Crippen molar-refractivity contribution in [1.29, 1.82) is 0 Å². The smallest absolute Gasteiger partial charge is 0.142 e. The topological polar surface area (TPSA) is 12.5 Å². The van der Waals surface area contributed by atoms with Gasteiger partial charge in [0, 0.05) is 28.7 Å². The van der Waals surface area contributed by atoms with Crippen LogP contribution < -0.4 is 4.74 Å². The van der Waals surface area contributed by atoms with Crippen LogP contribution in [0.15, 0.2) is 30.3 Å². The summed E-state index contributed by atoms with van der Waals surface area (Å²) in [7, 11) is 0. The zero-order chi connectivity index (χ0) is 15.0. The van der Waals surface area contributed by atoms with Crippen LogP contribution in [0.2, 0.25) is 10.0 Å². The summed E-state index contributed by atoms with van der Waals surface area (Å²) in [5.74, 6) is 0.960. The Labute approximate surface area is 135 Å².